The van der Waals surface area contributed by atoms with Crippen molar-refractivity contribution in [2.45, 2.75) is 11.4 Å². The van der Waals surface area contributed by atoms with Crippen molar-refractivity contribution in [3.8, 4) is 0 Å². The molecule has 0 aliphatic heterocycles. The first-order valence-corrected chi connectivity index (χ1v) is 4.28. The molecule has 1 unspecified atom stereocenters. The van der Waals surface area contributed by atoms with Crippen molar-refractivity contribution in [3.63, 3.8) is 0 Å². The quantitative estimate of drug-likeness (QED) is 0.758. The zero-order valence-electron chi connectivity index (χ0n) is 6.95. The van der Waals surface area contributed by atoms with Crippen LogP contribution in [0.15, 0.2) is 30.3 Å². The van der Waals surface area contributed by atoms with Crippen LogP contribution >= 0.6 is 12.6 Å². The standard InChI is InChI=1S/C9H7F3OS/c10-9(11,12)8(13)7(14)6-4-2-1-3-5-6/h1-5,7,14H. The lowest BCUT2D eigenvalue weighted by Crippen LogP contribution is -2.26. The van der Waals surface area contributed by atoms with Gasteiger partial charge in [0.2, 0.25) is 0 Å². The van der Waals surface area contributed by atoms with E-state index in [2.05, 4.69) is 12.6 Å². The third kappa shape index (κ3) is 2.51. The number of hydrogen-bond donors (Lipinski definition) is 1. The van der Waals surface area contributed by atoms with Gasteiger partial charge in [0.25, 0.3) is 5.78 Å². The van der Waals surface area contributed by atoms with Gasteiger partial charge in [-0.2, -0.15) is 25.8 Å². The summed E-state index contributed by atoms with van der Waals surface area (Å²) in [5.41, 5.74) is 0.248. The molecule has 0 aliphatic rings. The fourth-order valence-corrected chi connectivity index (χ4v) is 1.26. The average molecular weight is 220 g/mol. The minimum Gasteiger partial charge on any atom is -0.288 e. The number of ketones is 1. The van der Waals surface area contributed by atoms with Crippen LogP contribution in [0.5, 0.6) is 0 Å². The van der Waals surface area contributed by atoms with Gasteiger partial charge in [0.15, 0.2) is 0 Å². The Morgan fingerprint density at radius 2 is 1.71 bits per heavy atom. The minimum absolute atomic E-state index is 0.248. The lowest BCUT2D eigenvalue weighted by molar-refractivity contribution is -0.170. The number of carbonyl (C=O) groups is 1. The van der Waals surface area contributed by atoms with Crippen LogP contribution in [-0.4, -0.2) is 12.0 Å². The van der Waals surface area contributed by atoms with Gasteiger partial charge >= 0.3 is 6.18 Å². The van der Waals surface area contributed by atoms with Crippen LogP contribution in [0.25, 0.3) is 0 Å². The Kier molecular flexibility index (Phi) is 3.21. The van der Waals surface area contributed by atoms with Crippen LogP contribution in [0.2, 0.25) is 0 Å². The molecule has 0 aromatic heterocycles. The molecule has 0 bridgehead atoms. The number of hydrogen-bond acceptors (Lipinski definition) is 2. The Bertz CT molecular complexity index is 321. The highest BCUT2D eigenvalue weighted by Gasteiger charge is 2.42. The van der Waals surface area contributed by atoms with E-state index >= 15 is 0 Å². The second-order valence-electron chi connectivity index (χ2n) is 2.68. The van der Waals surface area contributed by atoms with Crippen LogP contribution < -0.4 is 0 Å². The summed E-state index contributed by atoms with van der Waals surface area (Å²) >= 11 is 3.64. The Labute approximate surface area is 84.3 Å². The van der Waals surface area contributed by atoms with E-state index in [1.54, 1.807) is 18.2 Å². The van der Waals surface area contributed by atoms with Gasteiger partial charge in [-0.1, -0.05) is 30.3 Å². The van der Waals surface area contributed by atoms with E-state index in [0.717, 1.165) is 0 Å². The van der Waals surface area contributed by atoms with E-state index < -0.39 is 17.2 Å². The van der Waals surface area contributed by atoms with Crippen molar-refractivity contribution in [3.05, 3.63) is 35.9 Å². The van der Waals surface area contributed by atoms with Crippen molar-refractivity contribution in [1.29, 1.82) is 0 Å². The van der Waals surface area contributed by atoms with Crippen molar-refractivity contribution < 1.29 is 18.0 Å². The first-order chi connectivity index (χ1) is 6.43. The second-order valence-corrected chi connectivity index (χ2v) is 3.19. The van der Waals surface area contributed by atoms with Crippen LogP contribution in [0.1, 0.15) is 10.8 Å². The molecule has 1 rings (SSSR count). The fourth-order valence-electron chi connectivity index (χ4n) is 0.942. The van der Waals surface area contributed by atoms with Gasteiger partial charge in [0, 0.05) is 0 Å². The maximum atomic E-state index is 12.0. The summed E-state index contributed by atoms with van der Waals surface area (Å²) in [5.74, 6) is -1.84. The smallest absolute Gasteiger partial charge is 0.288 e. The highest BCUT2D eigenvalue weighted by Crippen LogP contribution is 2.29. The number of alkyl halides is 3. The lowest BCUT2D eigenvalue weighted by Gasteiger charge is -2.11. The molecule has 1 atom stereocenters. The van der Waals surface area contributed by atoms with Gasteiger partial charge in [-0.25, -0.2) is 0 Å². The third-order valence-corrected chi connectivity index (χ3v) is 2.18. The van der Waals surface area contributed by atoms with Gasteiger partial charge in [-0.3, -0.25) is 4.79 Å². The third-order valence-electron chi connectivity index (χ3n) is 1.64. The molecule has 14 heavy (non-hydrogen) atoms. The molecule has 76 valence electrons. The van der Waals surface area contributed by atoms with Gasteiger partial charge in [0.05, 0.1) is 5.25 Å². The summed E-state index contributed by atoms with van der Waals surface area (Å²) < 4.78 is 36.0. The van der Waals surface area contributed by atoms with Gasteiger partial charge in [-0.15, -0.1) is 0 Å². The number of halogens is 3. The average Bonchev–Trinajstić information content (AvgIpc) is 2.15. The summed E-state index contributed by atoms with van der Waals surface area (Å²) in [6.07, 6.45) is -4.83. The maximum absolute atomic E-state index is 12.0. The zero-order chi connectivity index (χ0) is 10.8. The SMILES string of the molecule is O=C(C(S)c1ccccc1)C(F)(F)F. The highest BCUT2D eigenvalue weighted by atomic mass is 32.1. The van der Waals surface area contributed by atoms with Gasteiger partial charge in [-0.05, 0) is 5.56 Å². The molecule has 1 nitrogen and oxygen atoms in total. The first-order valence-electron chi connectivity index (χ1n) is 3.77. The molecule has 1 aromatic rings. The number of benzene rings is 1. The number of rotatable bonds is 2. The van der Waals surface area contributed by atoms with Gasteiger partial charge < -0.3 is 0 Å². The second kappa shape index (κ2) is 4.04. The molecule has 0 radical (unpaired) electrons. The highest BCUT2D eigenvalue weighted by molar-refractivity contribution is 7.81. The molecule has 0 heterocycles. The molecular formula is C9H7F3OS. The zero-order valence-corrected chi connectivity index (χ0v) is 7.85. The molecular weight excluding hydrogens is 213 g/mol. The molecule has 0 spiro atoms. The fraction of sp³-hybridized carbons (Fsp3) is 0.222. The molecule has 0 aliphatic carbocycles. The molecule has 5 heteroatoms. The monoisotopic (exact) mass is 220 g/mol. The summed E-state index contributed by atoms with van der Waals surface area (Å²) in [6, 6.07) is 7.63. The van der Waals surface area contributed by atoms with Crippen molar-refractivity contribution in [2.75, 3.05) is 0 Å². The molecule has 0 fully saturated rings. The van der Waals surface area contributed by atoms with Crippen LogP contribution in [0.3, 0.4) is 0 Å². The Morgan fingerprint density at radius 1 is 1.21 bits per heavy atom. The van der Waals surface area contributed by atoms with Crippen LogP contribution in [-0.2, 0) is 4.79 Å². The van der Waals surface area contributed by atoms with E-state index in [9.17, 15) is 18.0 Å². The Balaban J connectivity index is 2.87. The van der Waals surface area contributed by atoms with Crippen molar-refractivity contribution >= 4 is 18.4 Å². The lowest BCUT2D eigenvalue weighted by atomic mass is 10.1. The molecule has 0 N–H and O–H groups in total. The van der Waals surface area contributed by atoms with Crippen LogP contribution in [0.4, 0.5) is 13.2 Å². The predicted molar refractivity (Wildman–Crippen MR) is 49.2 cm³/mol. The molecule has 1 aromatic carbocycles. The normalized spacial score (nSPS) is 13.7. The summed E-state index contributed by atoms with van der Waals surface area (Å²) in [5, 5.41) is -1.43. The summed E-state index contributed by atoms with van der Waals surface area (Å²) in [6.45, 7) is 0. The van der Waals surface area contributed by atoms with Crippen molar-refractivity contribution in [2.24, 2.45) is 0 Å². The van der Waals surface area contributed by atoms with Gasteiger partial charge in [0.1, 0.15) is 0 Å². The minimum atomic E-state index is -4.83. The van der Waals surface area contributed by atoms with E-state index in [1.165, 1.54) is 12.1 Å². The van der Waals surface area contributed by atoms with Crippen LogP contribution in [0, 0.1) is 0 Å². The van der Waals surface area contributed by atoms with E-state index in [0.29, 0.717) is 0 Å². The summed E-state index contributed by atoms with van der Waals surface area (Å²) in [7, 11) is 0. The summed E-state index contributed by atoms with van der Waals surface area (Å²) in [4.78, 5) is 10.8. The molecule has 0 saturated heterocycles. The Morgan fingerprint density at radius 3 is 2.14 bits per heavy atom. The predicted octanol–water partition coefficient (Wildman–Crippen LogP) is 2.79. The number of Topliss-reactive ketones (excluding diaryl/α,β-unsaturated/α-hetero) is 1. The maximum Gasteiger partial charge on any atom is 0.451 e. The van der Waals surface area contributed by atoms with E-state index in [1.807, 2.05) is 0 Å². The number of carbonyl (C=O) groups excluding carboxylic acids is 1. The molecule has 0 saturated carbocycles. The first kappa shape index (κ1) is 11.1. The largest absolute Gasteiger partial charge is 0.451 e. The van der Waals surface area contributed by atoms with E-state index in [4.69, 9.17) is 0 Å². The Hall–Kier alpha value is -0.970. The number of thiol groups is 1. The topological polar surface area (TPSA) is 17.1 Å². The van der Waals surface area contributed by atoms with E-state index in [-0.39, 0.29) is 5.56 Å². The molecule has 0 amide bonds. The van der Waals surface area contributed by atoms with Crippen molar-refractivity contribution in [1.82, 2.24) is 0 Å².